The lowest BCUT2D eigenvalue weighted by atomic mass is 10.0. The Kier molecular flexibility index (Phi) is 8.55. The fourth-order valence-electron chi connectivity index (χ4n) is 5.07. The van der Waals surface area contributed by atoms with Crippen molar-refractivity contribution in [1.29, 1.82) is 0 Å². The molecule has 47 heavy (non-hydrogen) atoms. The molecule has 6 aromatic carbocycles. The molecule has 0 radical (unpaired) electrons. The second-order valence-electron chi connectivity index (χ2n) is 10.9. The standard InChI is InChI=1S/C45H28N2/c1-4-10-34(11-5-1)16-19-37-22-28-40(29-23-37)43-44(41-30-24-38(25-31-41)20-17-35-12-6-2-7-13-35)47-45(46-43)42-32-26-39(27-33-42)21-18-36-14-8-3-9-15-36/h1-15,22-33H,(H,46,47). The number of nitrogens with zero attached hydrogens (tertiary/aromatic N) is 1. The number of hydrogen-bond donors (Lipinski definition) is 1. The lowest BCUT2D eigenvalue weighted by molar-refractivity contribution is 1.31. The molecule has 0 aliphatic carbocycles. The summed E-state index contributed by atoms with van der Waals surface area (Å²) in [5.74, 6) is 20.3. The molecule has 0 saturated carbocycles. The number of H-pyrrole nitrogens is 1. The summed E-state index contributed by atoms with van der Waals surface area (Å²) in [5, 5.41) is 0. The van der Waals surface area contributed by atoms with Crippen molar-refractivity contribution in [3.63, 3.8) is 0 Å². The van der Waals surface area contributed by atoms with Crippen molar-refractivity contribution >= 4 is 0 Å². The predicted octanol–water partition coefficient (Wildman–Crippen LogP) is 9.61. The molecule has 0 unspecified atom stereocenters. The molecule has 1 N–H and O–H groups in total. The van der Waals surface area contributed by atoms with E-state index in [1.165, 1.54) is 0 Å². The third-order valence-electron chi connectivity index (χ3n) is 7.57. The van der Waals surface area contributed by atoms with Crippen LogP contribution in [0.2, 0.25) is 0 Å². The Morgan fingerprint density at radius 3 is 1.02 bits per heavy atom. The van der Waals surface area contributed by atoms with Crippen LogP contribution in [-0.2, 0) is 0 Å². The Morgan fingerprint density at radius 1 is 0.319 bits per heavy atom. The highest BCUT2D eigenvalue weighted by atomic mass is 14.9. The van der Waals surface area contributed by atoms with Crippen LogP contribution in [0.25, 0.3) is 33.9 Å². The Labute approximate surface area is 275 Å². The number of aromatic nitrogens is 2. The van der Waals surface area contributed by atoms with Crippen LogP contribution in [0.3, 0.4) is 0 Å². The minimum absolute atomic E-state index is 0.790. The van der Waals surface area contributed by atoms with Gasteiger partial charge < -0.3 is 4.98 Å². The van der Waals surface area contributed by atoms with Crippen molar-refractivity contribution in [1.82, 2.24) is 9.97 Å². The SMILES string of the molecule is C(#Cc1ccc(-c2nc(-c3ccc(C#Cc4ccccc4)cc3)c(-c3ccc(C#Cc4ccccc4)cc3)[nH]2)cc1)c1ccccc1. The lowest BCUT2D eigenvalue weighted by Gasteiger charge is -2.04. The van der Waals surface area contributed by atoms with Crippen molar-refractivity contribution in [2.45, 2.75) is 0 Å². The van der Waals surface area contributed by atoms with E-state index in [1.54, 1.807) is 0 Å². The molecule has 1 aromatic heterocycles. The summed E-state index contributed by atoms with van der Waals surface area (Å²) >= 11 is 0. The monoisotopic (exact) mass is 596 g/mol. The van der Waals surface area contributed by atoms with Crippen molar-refractivity contribution in [2.75, 3.05) is 0 Å². The van der Waals surface area contributed by atoms with Gasteiger partial charge in [-0.05, 0) is 72.8 Å². The highest BCUT2D eigenvalue weighted by Gasteiger charge is 2.15. The molecule has 0 aliphatic heterocycles. The third kappa shape index (κ3) is 7.30. The highest BCUT2D eigenvalue weighted by molar-refractivity contribution is 5.81. The highest BCUT2D eigenvalue weighted by Crippen LogP contribution is 2.33. The predicted molar refractivity (Wildman–Crippen MR) is 192 cm³/mol. The second kappa shape index (κ2) is 13.9. The maximum absolute atomic E-state index is 5.12. The Morgan fingerprint density at radius 2 is 0.638 bits per heavy atom. The van der Waals surface area contributed by atoms with Gasteiger partial charge in [0.05, 0.1) is 11.4 Å². The molecule has 0 amide bonds. The van der Waals surface area contributed by atoms with Crippen LogP contribution in [0.4, 0.5) is 0 Å². The zero-order valence-electron chi connectivity index (χ0n) is 25.5. The van der Waals surface area contributed by atoms with Gasteiger partial charge in [-0.15, -0.1) is 0 Å². The van der Waals surface area contributed by atoms with E-state index in [-0.39, 0.29) is 0 Å². The van der Waals surface area contributed by atoms with Crippen LogP contribution in [0, 0.1) is 35.5 Å². The summed E-state index contributed by atoms with van der Waals surface area (Å²) in [6.45, 7) is 0. The van der Waals surface area contributed by atoms with Gasteiger partial charge in [-0.1, -0.05) is 127 Å². The fraction of sp³-hybridized carbons (Fsp3) is 0. The smallest absolute Gasteiger partial charge is 0.138 e. The number of benzene rings is 6. The minimum Gasteiger partial charge on any atom is -0.337 e. The maximum Gasteiger partial charge on any atom is 0.138 e. The normalized spacial score (nSPS) is 10.0. The van der Waals surface area contributed by atoms with Gasteiger partial charge in [0.1, 0.15) is 5.82 Å². The summed E-state index contributed by atoms with van der Waals surface area (Å²) < 4.78 is 0. The molecule has 2 nitrogen and oxygen atoms in total. The number of imidazole rings is 1. The number of rotatable bonds is 3. The van der Waals surface area contributed by atoms with E-state index in [0.717, 1.165) is 67.3 Å². The van der Waals surface area contributed by atoms with Gasteiger partial charge in [0.25, 0.3) is 0 Å². The molecule has 0 saturated heterocycles. The molecule has 0 spiro atoms. The van der Waals surface area contributed by atoms with Crippen LogP contribution in [0.15, 0.2) is 164 Å². The Balaban J connectivity index is 1.21. The van der Waals surface area contributed by atoms with Crippen LogP contribution in [0.1, 0.15) is 33.4 Å². The van der Waals surface area contributed by atoms with Crippen LogP contribution < -0.4 is 0 Å². The number of nitrogens with one attached hydrogen (secondary N) is 1. The quantitative estimate of drug-likeness (QED) is 0.202. The molecule has 2 heteroatoms. The van der Waals surface area contributed by atoms with Crippen LogP contribution in [-0.4, -0.2) is 9.97 Å². The maximum atomic E-state index is 5.12. The van der Waals surface area contributed by atoms with Crippen molar-refractivity contribution in [2.24, 2.45) is 0 Å². The van der Waals surface area contributed by atoms with Crippen molar-refractivity contribution in [3.8, 4) is 69.4 Å². The summed E-state index contributed by atoms with van der Waals surface area (Å²) in [7, 11) is 0. The first-order valence-electron chi connectivity index (χ1n) is 15.4. The van der Waals surface area contributed by atoms with E-state index < -0.39 is 0 Å². The van der Waals surface area contributed by atoms with E-state index >= 15 is 0 Å². The largest absolute Gasteiger partial charge is 0.337 e. The lowest BCUT2D eigenvalue weighted by Crippen LogP contribution is -1.85. The van der Waals surface area contributed by atoms with E-state index in [9.17, 15) is 0 Å². The molecule has 1 heterocycles. The number of hydrogen-bond acceptors (Lipinski definition) is 1. The molecular weight excluding hydrogens is 569 g/mol. The summed E-state index contributed by atoms with van der Waals surface area (Å²) in [5.41, 5.74) is 10.7. The van der Waals surface area contributed by atoms with E-state index in [0.29, 0.717) is 0 Å². The van der Waals surface area contributed by atoms with Crippen molar-refractivity contribution in [3.05, 3.63) is 197 Å². The van der Waals surface area contributed by atoms with Crippen molar-refractivity contribution < 1.29 is 0 Å². The van der Waals surface area contributed by atoms with Gasteiger partial charge in [-0.2, -0.15) is 0 Å². The molecule has 0 fully saturated rings. The first-order chi connectivity index (χ1) is 23.3. The summed E-state index contributed by atoms with van der Waals surface area (Å²) in [6.07, 6.45) is 0. The Hall–Kier alpha value is -6.79. The van der Waals surface area contributed by atoms with Crippen LogP contribution in [0.5, 0.6) is 0 Å². The van der Waals surface area contributed by atoms with Gasteiger partial charge in [-0.3, -0.25) is 0 Å². The first-order valence-corrected chi connectivity index (χ1v) is 15.4. The van der Waals surface area contributed by atoms with Gasteiger partial charge in [-0.25, -0.2) is 4.98 Å². The first kappa shape index (κ1) is 29.0. The average molecular weight is 597 g/mol. The summed E-state index contributed by atoms with van der Waals surface area (Å²) in [4.78, 5) is 8.73. The topological polar surface area (TPSA) is 28.7 Å². The zero-order valence-corrected chi connectivity index (χ0v) is 25.5. The third-order valence-corrected chi connectivity index (χ3v) is 7.57. The van der Waals surface area contributed by atoms with E-state index in [1.807, 2.05) is 115 Å². The fourth-order valence-corrected chi connectivity index (χ4v) is 5.07. The Bertz CT molecular complexity index is 2180. The zero-order chi connectivity index (χ0) is 31.7. The molecule has 7 aromatic rings. The van der Waals surface area contributed by atoms with E-state index in [2.05, 4.69) is 89.0 Å². The second-order valence-corrected chi connectivity index (χ2v) is 10.9. The molecule has 218 valence electrons. The van der Waals surface area contributed by atoms with Gasteiger partial charge >= 0.3 is 0 Å². The molecule has 0 bridgehead atoms. The van der Waals surface area contributed by atoms with Crippen LogP contribution >= 0.6 is 0 Å². The average Bonchev–Trinajstić information content (AvgIpc) is 3.60. The van der Waals surface area contributed by atoms with Gasteiger partial charge in [0, 0.05) is 50.1 Å². The minimum atomic E-state index is 0.790. The molecule has 0 atom stereocenters. The number of aromatic amines is 1. The molecular formula is C45H28N2. The van der Waals surface area contributed by atoms with E-state index in [4.69, 9.17) is 4.98 Å². The van der Waals surface area contributed by atoms with Gasteiger partial charge in [0.15, 0.2) is 0 Å². The summed E-state index contributed by atoms with van der Waals surface area (Å²) in [6, 6.07) is 54.8. The van der Waals surface area contributed by atoms with Gasteiger partial charge in [0.2, 0.25) is 0 Å². The molecule has 0 aliphatic rings. The molecule has 7 rings (SSSR count).